The third-order valence-electron chi connectivity index (χ3n) is 14.9. The molecule has 12 rings (SSSR count). The maximum absolute atomic E-state index is 2.50. The van der Waals surface area contributed by atoms with E-state index >= 15 is 0 Å². The summed E-state index contributed by atoms with van der Waals surface area (Å²) in [5.74, 6) is 0. The Hall–Kier alpha value is -7.78. The number of nitrogens with zero attached hydrogens (tertiary/aromatic N) is 1. The van der Waals surface area contributed by atoms with E-state index < -0.39 is 5.41 Å². The molecule has 0 atom stereocenters. The molecule has 1 nitrogen and oxygen atoms in total. The zero-order chi connectivity index (χ0) is 48.5. The van der Waals surface area contributed by atoms with E-state index in [4.69, 9.17) is 0 Å². The van der Waals surface area contributed by atoms with Gasteiger partial charge in [-0.15, -0.1) is 11.3 Å². The minimum atomic E-state index is -0.582. The van der Waals surface area contributed by atoms with Gasteiger partial charge in [0.1, 0.15) is 0 Å². The van der Waals surface area contributed by atoms with Gasteiger partial charge in [-0.2, -0.15) is 0 Å². The average molecular weight is 932 g/mol. The van der Waals surface area contributed by atoms with Crippen LogP contribution < -0.4 is 4.90 Å². The highest BCUT2D eigenvalue weighted by molar-refractivity contribution is 7.25. The Balaban J connectivity index is 1.06. The number of rotatable bonds is 8. The lowest BCUT2D eigenvalue weighted by atomic mass is 9.67. The van der Waals surface area contributed by atoms with Crippen molar-refractivity contribution in [1.29, 1.82) is 0 Å². The Morgan fingerprint density at radius 3 is 1.51 bits per heavy atom. The maximum atomic E-state index is 2.50. The summed E-state index contributed by atoms with van der Waals surface area (Å²) in [4.78, 5) is 2.49. The second-order valence-electron chi connectivity index (χ2n) is 21.3. The fraction of sp³-hybridized carbons (Fsp3) is 0.130. The molecule has 0 bridgehead atoms. The molecule has 0 fully saturated rings. The second kappa shape index (κ2) is 17.3. The van der Waals surface area contributed by atoms with Crippen LogP contribution in [0.5, 0.6) is 0 Å². The molecule has 10 aromatic carbocycles. The van der Waals surface area contributed by atoms with Gasteiger partial charge in [0.15, 0.2) is 0 Å². The summed E-state index contributed by atoms with van der Waals surface area (Å²) >= 11 is 1.86. The fourth-order valence-corrected chi connectivity index (χ4v) is 12.2. The molecule has 0 amide bonds. The van der Waals surface area contributed by atoms with E-state index in [0.717, 1.165) is 22.6 Å². The van der Waals surface area contributed by atoms with Crippen LogP contribution >= 0.6 is 11.3 Å². The Morgan fingerprint density at radius 1 is 0.338 bits per heavy atom. The standard InChI is InChI=1S/C69H57NS/c1-67(2,3)51-31-35-53(36-32-51)69(54-37-33-52(34-38-54)68(4,5)6)62-21-13-10-19-58(62)59-42-41-56(45-63(59)69)70(64-22-14-11-18-57(64)49-26-24-47(25-27-49)46-16-8-7-9-17-46)55-39-28-48(29-40-55)50-30-43-66-61(44-50)60-20-12-15-23-65(60)71-66/h7-45H,1-6H3. The molecule has 1 heterocycles. The predicted molar refractivity (Wildman–Crippen MR) is 305 cm³/mol. The van der Waals surface area contributed by atoms with Crippen molar-refractivity contribution in [2.75, 3.05) is 4.90 Å². The van der Waals surface area contributed by atoms with Crippen LogP contribution in [0.2, 0.25) is 0 Å². The van der Waals surface area contributed by atoms with Gasteiger partial charge >= 0.3 is 0 Å². The quantitative estimate of drug-likeness (QED) is 0.147. The minimum Gasteiger partial charge on any atom is -0.310 e. The van der Waals surface area contributed by atoms with E-state index in [0.29, 0.717) is 0 Å². The molecule has 1 aliphatic carbocycles. The van der Waals surface area contributed by atoms with Gasteiger partial charge < -0.3 is 4.90 Å². The SMILES string of the molecule is CC(C)(C)c1ccc(C2(c3ccc(C(C)(C)C)cc3)c3ccccc3-c3ccc(N(c4ccc(-c5ccc6sc7ccccc7c6c5)cc4)c4ccccc4-c4ccc(-c5ccccc5)cc4)cc32)cc1. The molecule has 344 valence electrons. The highest BCUT2D eigenvalue weighted by Gasteiger charge is 2.46. The molecular formula is C69H57NS. The van der Waals surface area contributed by atoms with E-state index in [-0.39, 0.29) is 10.8 Å². The summed E-state index contributed by atoms with van der Waals surface area (Å²) in [5, 5.41) is 2.63. The molecule has 0 spiro atoms. The Labute approximate surface area is 423 Å². The normalized spacial score (nSPS) is 13.0. The molecule has 0 aliphatic heterocycles. The number of hydrogen-bond acceptors (Lipinski definition) is 2. The Bertz CT molecular complexity index is 3670. The molecule has 2 heteroatoms. The highest BCUT2D eigenvalue weighted by Crippen LogP contribution is 2.58. The van der Waals surface area contributed by atoms with Crippen LogP contribution in [0.3, 0.4) is 0 Å². The minimum absolute atomic E-state index is 0.0229. The van der Waals surface area contributed by atoms with E-state index in [1.807, 2.05) is 11.3 Å². The van der Waals surface area contributed by atoms with Crippen LogP contribution in [0.4, 0.5) is 17.1 Å². The van der Waals surface area contributed by atoms with E-state index in [9.17, 15) is 0 Å². The zero-order valence-electron chi connectivity index (χ0n) is 41.4. The van der Waals surface area contributed by atoms with E-state index in [1.165, 1.54) is 92.5 Å². The van der Waals surface area contributed by atoms with Crippen LogP contribution in [0.1, 0.15) is 74.9 Å². The van der Waals surface area contributed by atoms with Gasteiger partial charge in [0, 0.05) is 37.1 Å². The van der Waals surface area contributed by atoms with Crippen molar-refractivity contribution in [2.45, 2.75) is 57.8 Å². The molecule has 0 saturated carbocycles. The number of para-hydroxylation sites is 1. The zero-order valence-corrected chi connectivity index (χ0v) is 42.2. The smallest absolute Gasteiger partial charge is 0.0714 e. The summed E-state index contributed by atoms with van der Waals surface area (Å²) in [5.41, 5.74) is 20.2. The second-order valence-corrected chi connectivity index (χ2v) is 22.4. The van der Waals surface area contributed by atoms with Gasteiger partial charge in [-0.3, -0.25) is 0 Å². The number of benzene rings is 10. The molecule has 0 unspecified atom stereocenters. The third kappa shape index (κ3) is 7.70. The molecule has 0 N–H and O–H groups in total. The Morgan fingerprint density at radius 2 is 0.831 bits per heavy atom. The van der Waals surface area contributed by atoms with Gasteiger partial charge in [0.2, 0.25) is 0 Å². The molecular weight excluding hydrogens is 875 g/mol. The number of thiophene rings is 1. The topological polar surface area (TPSA) is 3.24 Å². The Kier molecular flexibility index (Phi) is 10.8. The fourth-order valence-electron chi connectivity index (χ4n) is 11.2. The monoisotopic (exact) mass is 931 g/mol. The van der Waals surface area contributed by atoms with Crippen molar-refractivity contribution in [3.8, 4) is 44.5 Å². The largest absolute Gasteiger partial charge is 0.310 e. The maximum Gasteiger partial charge on any atom is 0.0714 e. The summed E-state index contributed by atoms with van der Waals surface area (Å²) in [6, 6.07) is 88.9. The first kappa shape index (κ1) is 44.4. The van der Waals surface area contributed by atoms with Crippen molar-refractivity contribution in [3.05, 3.63) is 270 Å². The van der Waals surface area contributed by atoms with Crippen molar-refractivity contribution >= 4 is 48.6 Å². The van der Waals surface area contributed by atoms with Crippen LogP contribution in [-0.2, 0) is 16.2 Å². The van der Waals surface area contributed by atoms with Crippen LogP contribution in [-0.4, -0.2) is 0 Å². The first-order chi connectivity index (χ1) is 34.4. The molecule has 0 saturated heterocycles. The summed E-state index contributed by atoms with van der Waals surface area (Å²) in [6.45, 7) is 13.8. The summed E-state index contributed by atoms with van der Waals surface area (Å²) in [6.07, 6.45) is 0. The number of fused-ring (bicyclic) bond motifs is 6. The van der Waals surface area contributed by atoms with Gasteiger partial charge in [-0.25, -0.2) is 0 Å². The van der Waals surface area contributed by atoms with Gasteiger partial charge in [-0.1, -0.05) is 230 Å². The van der Waals surface area contributed by atoms with Crippen LogP contribution in [0.15, 0.2) is 237 Å². The highest BCUT2D eigenvalue weighted by atomic mass is 32.1. The summed E-state index contributed by atoms with van der Waals surface area (Å²) in [7, 11) is 0. The van der Waals surface area contributed by atoms with Crippen LogP contribution in [0.25, 0.3) is 64.7 Å². The molecule has 11 aromatic rings. The van der Waals surface area contributed by atoms with E-state index in [2.05, 4.69) is 283 Å². The number of hydrogen-bond donors (Lipinski definition) is 0. The lowest BCUT2D eigenvalue weighted by molar-refractivity contribution is 0.588. The van der Waals surface area contributed by atoms with E-state index in [1.54, 1.807) is 0 Å². The average Bonchev–Trinajstić information content (AvgIpc) is 3.92. The van der Waals surface area contributed by atoms with Crippen molar-refractivity contribution in [2.24, 2.45) is 0 Å². The molecule has 1 aromatic heterocycles. The molecule has 0 radical (unpaired) electrons. The van der Waals surface area contributed by atoms with Crippen LogP contribution in [0, 0.1) is 0 Å². The summed E-state index contributed by atoms with van der Waals surface area (Å²) < 4.78 is 2.64. The molecule has 1 aliphatic rings. The first-order valence-electron chi connectivity index (χ1n) is 25.0. The van der Waals surface area contributed by atoms with Crippen molar-refractivity contribution < 1.29 is 0 Å². The van der Waals surface area contributed by atoms with Crippen molar-refractivity contribution in [1.82, 2.24) is 0 Å². The number of anilines is 3. The van der Waals surface area contributed by atoms with Gasteiger partial charge in [-0.05, 0) is 132 Å². The predicted octanol–water partition coefficient (Wildman–Crippen LogP) is 19.5. The van der Waals surface area contributed by atoms with Crippen molar-refractivity contribution in [3.63, 3.8) is 0 Å². The molecule has 71 heavy (non-hydrogen) atoms. The third-order valence-corrected chi connectivity index (χ3v) is 16.1. The van der Waals surface area contributed by atoms with Gasteiger partial charge in [0.05, 0.1) is 11.1 Å². The lowest BCUT2D eigenvalue weighted by Gasteiger charge is -2.36. The first-order valence-corrected chi connectivity index (χ1v) is 25.8. The van der Waals surface area contributed by atoms with Gasteiger partial charge in [0.25, 0.3) is 0 Å². The lowest BCUT2D eigenvalue weighted by Crippen LogP contribution is -2.29.